The average molecular weight is 518 g/mol. The van der Waals surface area contributed by atoms with Crippen molar-refractivity contribution < 1.29 is 4.79 Å². The molecule has 1 aliphatic carbocycles. The molecule has 2 atom stereocenters. The molecule has 4 N–H and O–H groups in total. The van der Waals surface area contributed by atoms with Crippen LogP contribution in [-0.4, -0.2) is 43.6 Å². The number of rotatable bonds is 6. The van der Waals surface area contributed by atoms with Gasteiger partial charge >= 0.3 is 0 Å². The topological polar surface area (TPSA) is 122 Å². The van der Waals surface area contributed by atoms with Crippen LogP contribution in [-0.2, 0) is 6.54 Å². The number of H-pyrrole nitrogens is 1. The monoisotopic (exact) mass is 517 g/mol. The Labute approximate surface area is 218 Å². The predicted octanol–water partition coefficient (Wildman–Crippen LogP) is 4.37. The van der Waals surface area contributed by atoms with Crippen molar-refractivity contribution in [2.75, 3.05) is 24.1 Å². The van der Waals surface area contributed by atoms with Crippen LogP contribution in [0.15, 0.2) is 46.0 Å². The van der Waals surface area contributed by atoms with Gasteiger partial charge in [-0.25, -0.2) is 9.67 Å². The van der Waals surface area contributed by atoms with E-state index in [0.29, 0.717) is 34.3 Å². The highest BCUT2D eigenvalue weighted by Crippen LogP contribution is 2.33. The summed E-state index contributed by atoms with van der Waals surface area (Å²) in [5.74, 6) is 1.08. The van der Waals surface area contributed by atoms with Crippen molar-refractivity contribution in [3.63, 3.8) is 0 Å². The molecule has 37 heavy (non-hydrogen) atoms. The van der Waals surface area contributed by atoms with Crippen LogP contribution in [0.5, 0.6) is 0 Å². The van der Waals surface area contributed by atoms with Crippen molar-refractivity contribution in [1.82, 2.24) is 24.6 Å². The number of amides is 1. The number of benzene rings is 1. The lowest BCUT2D eigenvalue weighted by molar-refractivity contribution is 0.102. The van der Waals surface area contributed by atoms with Gasteiger partial charge in [0.2, 0.25) is 0 Å². The minimum atomic E-state index is -0.172. The zero-order valence-electron chi connectivity index (χ0n) is 20.8. The lowest BCUT2D eigenvalue weighted by Crippen LogP contribution is -2.22. The molecule has 6 rings (SSSR count). The lowest BCUT2D eigenvalue weighted by atomic mass is 9.97. The van der Waals surface area contributed by atoms with Crippen LogP contribution in [0.4, 0.5) is 11.4 Å². The number of hydrogen-bond donors (Lipinski definition) is 3. The molecule has 4 aromatic rings. The number of thiophene rings is 1. The van der Waals surface area contributed by atoms with E-state index in [9.17, 15) is 9.59 Å². The highest BCUT2D eigenvalue weighted by Gasteiger charge is 2.33. The molecule has 2 aliphatic rings. The standard InChI is InChI=1S/C27H31N7O2S/c1-16-11-33(12-17-6-8-18(9-7-17)26(35)30-23-15-37-14-22(23)28)13-21(16)24-31-25-20(27(36)32-24)10-29-34(25)19-4-2-3-5-19/h6-10,14-16,19,21H,2-5,11-13,28H2,1H3,(H,30,35)(H,31,32,36). The van der Waals surface area contributed by atoms with Gasteiger partial charge < -0.3 is 16.0 Å². The molecule has 9 nitrogen and oxygen atoms in total. The molecule has 0 radical (unpaired) electrons. The molecular formula is C27H31N7O2S. The van der Waals surface area contributed by atoms with Crippen molar-refractivity contribution >= 4 is 39.7 Å². The van der Waals surface area contributed by atoms with E-state index >= 15 is 0 Å². The highest BCUT2D eigenvalue weighted by atomic mass is 32.1. The molecule has 1 amide bonds. The molecule has 1 saturated carbocycles. The summed E-state index contributed by atoms with van der Waals surface area (Å²) in [6.45, 7) is 4.71. The minimum Gasteiger partial charge on any atom is -0.396 e. The zero-order chi connectivity index (χ0) is 25.5. The third-order valence-corrected chi connectivity index (χ3v) is 8.52. The Balaban J connectivity index is 1.15. The number of carbonyl (C=O) groups excluding carboxylic acids is 1. The number of fused-ring (bicyclic) bond motifs is 1. The summed E-state index contributed by atoms with van der Waals surface area (Å²) in [5.41, 5.74) is 9.44. The Morgan fingerprint density at radius 2 is 1.97 bits per heavy atom. The summed E-state index contributed by atoms with van der Waals surface area (Å²) in [5, 5.41) is 11.6. The Hall–Kier alpha value is -3.50. The molecule has 3 aromatic heterocycles. The van der Waals surface area contributed by atoms with Crippen LogP contribution >= 0.6 is 11.3 Å². The third-order valence-electron chi connectivity index (χ3n) is 7.75. The van der Waals surface area contributed by atoms with Crippen molar-refractivity contribution in [2.24, 2.45) is 5.92 Å². The van der Waals surface area contributed by atoms with Crippen LogP contribution in [0.3, 0.4) is 0 Å². The van der Waals surface area contributed by atoms with E-state index in [0.717, 1.165) is 49.5 Å². The normalized spacial score (nSPS) is 20.7. The maximum atomic E-state index is 12.9. The molecule has 4 heterocycles. The molecule has 2 fully saturated rings. The fourth-order valence-electron chi connectivity index (χ4n) is 5.72. The maximum Gasteiger partial charge on any atom is 0.262 e. The van der Waals surface area contributed by atoms with Crippen LogP contribution < -0.4 is 16.6 Å². The second-order valence-electron chi connectivity index (χ2n) is 10.4. The fourth-order valence-corrected chi connectivity index (χ4v) is 6.39. The summed E-state index contributed by atoms with van der Waals surface area (Å²) >= 11 is 1.46. The Kier molecular flexibility index (Phi) is 6.29. The smallest absolute Gasteiger partial charge is 0.262 e. The van der Waals surface area contributed by atoms with E-state index in [1.54, 1.807) is 11.6 Å². The first kappa shape index (κ1) is 23.9. The summed E-state index contributed by atoms with van der Waals surface area (Å²) < 4.78 is 1.98. The molecule has 1 aliphatic heterocycles. The number of aromatic amines is 1. The van der Waals surface area contributed by atoms with Crippen molar-refractivity contribution in [3.8, 4) is 0 Å². The molecule has 0 spiro atoms. The van der Waals surface area contributed by atoms with Gasteiger partial charge in [0.15, 0.2) is 5.65 Å². The second-order valence-corrected chi connectivity index (χ2v) is 11.1. The quantitative estimate of drug-likeness (QED) is 0.349. The summed E-state index contributed by atoms with van der Waals surface area (Å²) in [4.78, 5) is 35.8. The van der Waals surface area contributed by atoms with Gasteiger partial charge in [-0.15, -0.1) is 11.3 Å². The van der Waals surface area contributed by atoms with E-state index in [1.807, 2.05) is 34.3 Å². The van der Waals surface area contributed by atoms with Gasteiger partial charge in [0.1, 0.15) is 11.2 Å². The maximum absolute atomic E-state index is 12.9. The number of anilines is 2. The van der Waals surface area contributed by atoms with E-state index in [1.165, 1.54) is 24.2 Å². The molecule has 0 bridgehead atoms. The average Bonchev–Trinajstić information content (AvgIpc) is 3.68. The van der Waals surface area contributed by atoms with Crippen LogP contribution in [0, 0.1) is 5.92 Å². The number of aromatic nitrogens is 4. The van der Waals surface area contributed by atoms with Gasteiger partial charge in [0.25, 0.3) is 11.5 Å². The Morgan fingerprint density at radius 1 is 1.19 bits per heavy atom. The van der Waals surface area contributed by atoms with Crippen molar-refractivity contribution in [2.45, 2.75) is 51.1 Å². The lowest BCUT2D eigenvalue weighted by Gasteiger charge is -2.16. The van der Waals surface area contributed by atoms with Crippen LogP contribution in [0.25, 0.3) is 11.0 Å². The fraction of sp³-hybridized carbons (Fsp3) is 0.407. The highest BCUT2D eigenvalue weighted by molar-refractivity contribution is 7.09. The van der Waals surface area contributed by atoms with Gasteiger partial charge in [0, 0.05) is 41.9 Å². The number of nitrogens with two attached hydrogens (primary N) is 1. The number of nitrogen functional groups attached to an aromatic ring is 1. The second kappa shape index (κ2) is 9.75. The van der Waals surface area contributed by atoms with Gasteiger partial charge in [-0.3, -0.25) is 14.5 Å². The largest absolute Gasteiger partial charge is 0.396 e. The van der Waals surface area contributed by atoms with Gasteiger partial charge in [0.05, 0.1) is 23.6 Å². The molecule has 10 heteroatoms. The van der Waals surface area contributed by atoms with E-state index in [-0.39, 0.29) is 17.4 Å². The summed E-state index contributed by atoms with van der Waals surface area (Å²) in [7, 11) is 0. The van der Waals surface area contributed by atoms with Gasteiger partial charge in [-0.1, -0.05) is 31.9 Å². The molecule has 192 valence electrons. The number of nitrogens with one attached hydrogen (secondary N) is 2. The molecule has 1 saturated heterocycles. The first-order valence-electron chi connectivity index (χ1n) is 12.9. The zero-order valence-corrected chi connectivity index (χ0v) is 21.6. The van der Waals surface area contributed by atoms with Crippen molar-refractivity contribution in [1.29, 1.82) is 0 Å². The number of nitrogens with zero attached hydrogens (tertiary/aromatic N) is 4. The summed E-state index contributed by atoms with van der Waals surface area (Å²) in [6, 6.07) is 8.03. The number of likely N-dealkylation sites (tertiary alicyclic amines) is 1. The number of carbonyl (C=O) groups is 1. The Morgan fingerprint density at radius 3 is 2.70 bits per heavy atom. The van der Waals surface area contributed by atoms with E-state index < -0.39 is 0 Å². The molecular weight excluding hydrogens is 486 g/mol. The predicted molar refractivity (Wildman–Crippen MR) is 146 cm³/mol. The van der Waals surface area contributed by atoms with Gasteiger partial charge in [-0.05, 0) is 36.5 Å². The number of hydrogen-bond acceptors (Lipinski definition) is 7. The Bertz CT molecular complexity index is 1480. The van der Waals surface area contributed by atoms with Crippen molar-refractivity contribution in [3.05, 3.63) is 68.5 Å². The molecule has 2 unspecified atom stereocenters. The van der Waals surface area contributed by atoms with Crippen LogP contribution in [0.1, 0.15) is 66.3 Å². The van der Waals surface area contributed by atoms with E-state index in [4.69, 9.17) is 10.7 Å². The molecule has 1 aromatic carbocycles. The first-order valence-corrected chi connectivity index (χ1v) is 13.8. The SMILES string of the molecule is CC1CN(Cc2ccc(C(=O)Nc3cscc3N)cc2)CC1c1nc2c(cnn2C2CCCC2)c(=O)[nH]1. The summed E-state index contributed by atoms with van der Waals surface area (Å²) in [6.07, 6.45) is 6.25. The van der Waals surface area contributed by atoms with E-state index in [2.05, 4.69) is 27.2 Å². The first-order chi connectivity index (χ1) is 18.0. The van der Waals surface area contributed by atoms with Crippen LogP contribution in [0.2, 0.25) is 0 Å². The third kappa shape index (κ3) is 4.67. The van der Waals surface area contributed by atoms with Gasteiger partial charge in [-0.2, -0.15) is 5.10 Å². The minimum absolute atomic E-state index is 0.104.